The van der Waals surface area contributed by atoms with Gasteiger partial charge in [-0.3, -0.25) is 0 Å². The van der Waals surface area contributed by atoms with Crippen molar-refractivity contribution in [2.75, 3.05) is 26.8 Å². The summed E-state index contributed by atoms with van der Waals surface area (Å²) in [6.07, 6.45) is 2.31. The fourth-order valence-corrected chi connectivity index (χ4v) is 4.30. The molecule has 1 aliphatic rings. The molecule has 0 fully saturated rings. The highest BCUT2D eigenvalue weighted by Gasteiger charge is 2.31. The smallest absolute Gasteiger partial charge is 0.221 e. The first-order valence-corrected chi connectivity index (χ1v) is 10.9. The van der Waals surface area contributed by atoms with Gasteiger partial charge in [0, 0.05) is 13.5 Å². The van der Waals surface area contributed by atoms with Crippen LogP contribution in [-0.2, 0) is 22.3 Å². The Morgan fingerprint density at radius 3 is 2.87 bits per heavy atom. The highest BCUT2D eigenvalue weighted by molar-refractivity contribution is 7.98. The fraction of sp³-hybridized carbons (Fsp3) is 0.364. The Hall–Kier alpha value is -2.42. The van der Waals surface area contributed by atoms with E-state index in [0.717, 1.165) is 16.5 Å². The number of aromatic hydroxyl groups is 1. The molecule has 2 heterocycles. The molecule has 0 saturated carbocycles. The van der Waals surface area contributed by atoms with Crippen molar-refractivity contribution in [3.63, 3.8) is 0 Å². The molecule has 0 aliphatic carbocycles. The number of nitrogens with zero attached hydrogens (tertiary/aromatic N) is 2. The van der Waals surface area contributed by atoms with Crippen LogP contribution in [0.2, 0.25) is 0 Å². The quantitative estimate of drug-likeness (QED) is 0.353. The standard InChI is InChI=1S/C22H23FN2O4S/c1-4-14-16(23)6-5-12-9-13(29-11-27-2)10-15(18(12)14)20-19-17(7-8-28-20)24-22(30-3)25-21(19)26/h5-6,9-10,20H,4,7-8,11H2,1-3H3,(H,24,25,26). The number of ether oxygens (including phenoxy) is 3. The summed E-state index contributed by atoms with van der Waals surface area (Å²) >= 11 is 1.37. The maximum atomic E-state index is 14.7. The van der Waals surface area contributed by atoms with Crippen molar-refractivity contribution >= 4 is 22.5 Å². The van der Waals surface area contributed by atoms with Gasteiger partial charge >= 0.3 is 0 Å². The van der Waals surface area contributed by atoms with Gasteiger partial charge in [0.15, 0.2) is 11.9 Å². The zero-order valence-corrected chi connectivity index (χ0v) is 17.9. The predicted octanol–water partition coefficient (Wildman–Crippen LogP) is 4.40. The summed E-state index contributed by atoms with van der Waals surface area (Å²) in [5.41, 5.74) is 2.58. The molecular formula is C22H23FN2O4S. The summed E-state index contributed by atoms with van der Waals surface area (Å²) < 4.78 is 31.5. The monoisotopic (exact) mass is 430 g/mol. The van der Waals surface area contributed by atoms with Crippen LogP contribution < -0.4 is 4.74 Å². The van der Waals surface area contributed by atoms with E-state index in [2.05, 4.69) is 9.97 Å². The molecule has 3 aromatic rings. The zero-order chi connectivity index (χ0) is 21.3. The van der Waals surface area contributed by atoms with Crippen LogP contribution in [0.5, 0.6) is 11.6 Å². The maximum absolute atomic E-state index is 14.7. The van der Waals surface area contributed by atoms with Crippen LogP contribution in [0.25, 0.3) is 10.8 Å². The van der Waals surface area contributed by atoms with Crippen molar-refractivity contribution in [3.05, 3.63) is 52.5 Å². The van der Waals surface area contributed by atoms with Crippen molar-refractivity contribution in [2.45, 2.75) is 31.0 Å². The second-order valence-electron chi connectivity index (χ2n) is 6.94. The lowest BCUT2D eigenvalue weighted by atomic mass is 9.89. The molecule has 1 aromatic heterocycles. The van der Waals surface area contributed by atoms with Crippen LogP contribution >= 0.6 is 11.8 Å². The SMILES string of the molecule is CCc1c(F)ccc2cc(OCOC)cc(C3OCCc4nc(SC)nc(O)c43)c12. The van der Waals surface area contributed by atoms with Crippen molar-refractivity contribution in [1.29, 1.82) is 0 Å². The highest BCUT2D eigenvalue weighted by Crippen LogP contribution is 2.43. The molecule has 0 spiro atoms. The van der Waals surface area contributed by atoms with E-state index in [1.54, 1.807) is 13.2 Å². The van der Waals surface area contributed by atoms with Gasteiger partial charge in [-0.05, 0) is 52.8 Å². The number of hydrogen-bond donors (Lipinski definition) is 1. The summed E-state index contributed by atoms with van der Waals surface area (Å²) in [7, 11) is 1.55. The Balaban J connectivity index is 1.97. The summed E-state index contributed by atoms with van der Waals surface area (Å²) in [5, 5.41) is 12.8. The van der Waals surface area contributed by atoms with Crippen molar-refractivity contribution in [3.8, 4) is 11.6 Å². The number of benzene rings is 2. The predicted molar refractivity (Wildman–Crippen MR) is 113 cm³/mol. The average Bonchev–Trinajstić information content (AvgIpc) is 2.76. The molecule has 6 nitrogen and oxygen atoms in total. The molecule has 158 valence electrons. The Labute approximate surface area is 178 Å². The number of fused-ring (bicyclic) bond motifs is 2. The van der Waals surface area contributed by atoms with Crippen LogP contribution in [0.15, 0.2) is 29.4 Å². The fourth-order valence-electron chi connectivity index (χ4n) is 3.92. The average molecular weight is 431 g/mol. The van der Waals surface area contributed by atoms with E-state index >= 15 is 0 Å². The molecule has 1 atom stereocenters. The summed E-state index contributed by atoms with van der Waals surface area (Å²) in [6.45, 7) is 2.43. The van der Waals surface area contributed by atoms with E-state index in [4.69, 9.17) is 14.2 Å². The Kier molecular flexibility index (Phi) is 6.08. The lowest BCUT2D eigenvalue weighted by Gasteiger charge is -2.28. The molecule has 0 amide bonds. The minimum atomic E-state index is -0.634. The van der Waals surface area contributed by atoms with Gasteiger partial charge in [0.2, 0.25) is 5.88 Å². The van der Waals surface area contributed by atoms with E-state index in [9.17, 15) is 9.50 Å². The molecule has 0 radical (unpaired) electrons. The summed E-state index contributed by atoms with van der Waals surface area (Å²) in [5.74, 6) is 0.191. The van der Waals surface area contributed by atoms with Crippen LogP contribution in [0.3, 0.4) is 0 Å². The summed E-state index contributed by atoms with van der Waals surface area (Å²) in [4.78, 5) is 8.76. The molecule has 0 bridgehead atoms. The number of halogens is 1. The molecule has 4 rings (SSSR count). The molecular weight excluding hydrogens is 407 g/mol. The van der Waals surface area contributed by atoms with Gasteiger partial charge in [-0.1, -0.05) is 24.8 Å². The van der Waals surface area contributed by atoms with Crippen LogP contribution in [-0.4, -0.2) is 41.8 Å². The normalized spacial score (nSPS) is 15.9. The van der Waals surface area contributed by atoms with Gasteiger partial charge in [-0.25, -0.2) is 9.37 Å². The molecule has 8 heteroatoms. The van der Waals surface area contributed by atoms with Crippen molar-refractivity contribution in [1.82, 2.24) is 9.97 Å². The van der Waals surface area contributed by atoms with Gasteiger partial charge in [0.05, 0.1) is 17.9 Å². The van der Waals surface area contributed by atoms with Gasteiger partial charge < -0.3 is 19.3 Å². The Morgan fingerprint density at radius 1 is 1.30 bits per heavy atom. The molecule has 1 aliphatic heterocycles. The zero-order valence-electron chi connectivity index (χ0n) is 17.1. The van der Waals surface area contributed by atoms with E-state index in [1.165, 1.54) is 17.8 Å². The molecule has 1 unspecified atom stereocenters. The number of hydrogen-bond acceptors (Lipinski definition) is 7. The number of aromatic nitrogens is 2. The van der Waals surface area contributed by atoms with E-state index in [0.29, 0.717) is 47.0 Å². The van der Waals surface area contributed by atoms with Crippen LogP contribution in [0, 0.1) is 5.82 Å². The number of thioether (sulfide) groups is 1. The van der Waals surface area contributed by atoms with Crippen molar-refractivity contribution < 1.29 is 23.7 Å². The van der Waals surface area contributed by atoms with Crippen LogP contribution in [0.4, 0.5) is 4.39 Å². The van der Waals surface area contributed by atoms with Crippen molar-refractivity contribution in [2.24, 2.45) is 0 Å². The first-order valence-electron chi connectivity index (χ1n) is 9.69. The minimum Gasteiger partial charge on any atom is -0.493 e. The lowest BCUT2D eigenvalue weighted by molar-refractivity contribution is 0.0499. The Bertz CT molecular complexity index is 1090. The molecule has 30 heavy (non-hydrogen) atoms. The van der Waals surface area contributed by atoms with E-state index < -0.39 is 6.10 Å². The first kappa shape index (κ1) is 20.8. The Morgan fingerprint density at radius 2 is 2.13 bits per heavy atom. The minimum absolute atomic E-state index is 0.0837. The third-order valence-electron chi connectivity index (χ3n) is 5.20. The maximum Gasteiger partial charge on any atom is 0.221 e. The number of methoxy groups -OCH3 is 1. The largest absolute Gasteiger partial charge is 0.493 e. The molecule has 1 N–H and O–H groups in total. The first-order chi connectivity index (χ1) is 14.6. The van der Waals surface area contributed by atoms with Crippen LogP contribution in [0.1, 0.15) is 35.4 Å². The molecule has 0 saturated heterocycles. The van der Waals surface area contributed by atoms with E-state index in [1.807, 2.05) is 25.3 Å². The van der Waals surface area contributed by atoms with E-state index in [-0.39, 0.29) is 18.5 Å². The van der Waals surface area contributed by atoms with Gasteiger partial charge in [-0.2, -0.15) is 4.98 Å². The summed E-state index contributed by atoms with van der Waals surface area (Å²) in [6, 6.07) is 6.87. The van der Waals surface area contributed by atoms with Gasteiger partial charge in [0.25, 0.3) is 0 Å². The second-order valence-corrected chi connectivity index (χ2v) is 7.71. The topological polar surface area (TPSA) is 73.7 Å². The number of rotatable bonds is 6. The third kappa shape index (κ3) is 3.71. The number of aryl methyl sites for hydroxylation is 1. The highest BCUT2D eigenvalue weighted by atomic mass is 32.2. The molecule has 2 aromatic carbocycles. The van der Waals surface area contributed by atoms with Gasteiger partial charge in [0.1, 0.15) is 17.7 Å². The lowest BCUT2D eigenvalue weighted by Crippen LogP contribution is -2.20. The van der Waals surface area contributed by atoms with Gasteiger partial charge in [-0.15, -0.1) is 0 Å². The second kappa shape index (κ2) is 8.75. The third-order valence-corrected chi connectivity index (χ3v) is 5.75.